The quantitative estimate of drug-likeness (QED) is 0.324. The van der Waals surface area contributed by atoms with E-state index >= 15 is 0 Å². The lowest BCUT2D eigenvalue weighted by Crippen LogP contribution is -2.23. The van der Waals surface area contributed by atoms with Crippen molar-refractivity contribution in [1.29, 1.82) is 0 Å². The minimum Gasteiger partial charge on any atom is -0.497 e. The Morgan fingerprint density at radius 1 is 1.03 bits per heavy atom. The topological polar surface area (TPSA) is 82.4 Å². The van der Waals surface area contributed by atoms with Gasteiger partial charge in [-0.25, -0.2) is 4.98 Å². The number of para-hydroxylation sites is 1. The molecule has 3 aromatic carbocycles. The van der Waals surface area contributed by atoms with E-state index < -0.39 is 0 Å². The maximum atomic E-state index is 13.3. The van der Waals surface area contributed by atoms with Crippen LogP contribution in [0.15, 0.2) is 76.7 Å². The maximum absolute atomic E-state index is 13.3. The number of hydrogen-bond acceptors (Lipinski definition) is 6. The van der Waals surface area contributed by atoms with Gasteiger partial charge in [-0.05, 0) is 61.0 Å². The Labute approximate surface area is 195 Å². The largest absolute Gasteiger partial charge is 0.497 e. The summed E-state index contributed by atoms with van der Waals surface area (Å²) in [6.45, 7) is 1.94. The number of carbonyl (C=O) groups excluding carboxylic acids is 1. The number of aryl methyl sites for hydroxylation is 1. The smallest absolute Gasteiger partial charge is 0.266 e. The van der Waals surface area contributed by atoms with Crippen molar-refractivity contribution < 1.29 is 14.3 Å². The van der Waals surface area contributed by atoms with E-state index in [9.17, 15) is 9.59 Å². The maximum Gasteiger partial charge on any atom is 0.266 e. The van der Waals surface area contributed by atoms with Crippen LogP contribution in [-0.2, 0) is 4.79 Å². The molecule has 4 aromatic rings. The number of nitrogens with zero attached hydrogens (tertiary/aromatic N) is 2. The molecule has 0 aliphatic carbocycles. The lowest BCUT2D eigenvalue weighted by Gasteiger charge is -2.14. The fourth-order valence-corrected chi connectivity index (χ4v) is 4.22. The molecule has 7 nitrogen and oxygen atoms in total. The van der Waals surface area contributed by atoms with E-state index in [1.54, 1.807) is 56.7 Å². The Hall–Kier alpha value is -3.78. The summed E-state index contributed by atoms with van der Waals surface area (Å²) in [4.78, 5) is 30.7. The first-order valence-corrected chi connectivity index (χ1v) is 11.2. The summed E-state index contributed by atoms with van der Waals surface area (Å²) in [5, 5.41) is 3.81. The number of nitrogens with one attached hydrogen (secondary N) is 1. The molecule has 0 fully saturated rings. The standard InChI is InChI=1S/C25H23N3O4S/c1-16-8-13-22(32-3)21(14-16)26-23(29)15-33-25-27-20-7-5-4-6-19(20)24(30)28(25)17-9-11-18(31-2)12-10-17/h4-14H,15H2,1-3H3,(H,26,29). The molecule has 0 spiro atoms. The Bertz CT molecular complexity index is 1370. The Morgan fingerprint density at radius 2 is 1.79 bits per heavy atom. The van der Waals surface area contributed by atoms with E-state index in [-0.39, 0.29) is 17.2 Å². The van der Waals surface area contributed by atoms with Crippen molar-refractivity contribution in [3.05, 3.63) is 82.6 Å². The van der Waals surface area contributed by atoms with Gasteiger partial charge in [0.15, 0.2) is 5.16 Å². The van der Waals surface area contributed by atoms with Gasteiger partial charge in [0.2, 0.25) is 5.91 Å². The Kier molecular flexibility index (Phi) is 6.65. The van der Waals surface area contributed by atoms with Gasteiger partial charge in [-0.1, -0.05) is 30.0 Å². The summed E-state index contributed by atoms with van der Waals surface area (Å²) in [7, 11) is 3.14. The zero-order valence-electron chi connectivity index (χ0n) is 18.5. The summed E-state index contributed by atoms with van der Waals surface area (Å²) >= 11 is 1.19. The summed E-state index contributed by atoms with van der Waals surface area (Å²) in [6, 6.07) is 19.9. The highest BCUT2D eigenvalue weighted by Gasteiger charge is 2.16. The van der Waals surface area contributed by atoms with Crippen molar-refractivity contribution >= 4 is 34.3 Å². The molecule has 8 heteroatoms. The number of rotatable bonds is 7. The summed E-state index contributed by atoms with van der Waals surface area (Å²) in [5.41, 5.74) is 2.62. The van der Waals surface area contributed by atoms with Crippen LogP contribution < -0.4 is 20.3 Å². The van der Waals surface area contributed by atoms with Gasteiger partial charge in [0.1, 0.15) is 11.5 Å². The van der Waals surface area contributed by atoms with E-state index in [1.165, 1.54) is 16.3 Å². The number of methoxy groups -OCH3 is 2. The van der Waals surface area contributed by atoms with Crippen molar-refractivity contribution in [3.8, 4) is 17.2 Å². The Morgan fingerprint density at radius 3 is 2.52 bits per heavy atom. The van der Waals surface area contributed by atoms with Gasteiger partial charge in [0.25, 0.3) is 5.56 Å². The van der Waals surface area contributed by atoms with Gasteiger partial charge in [-0.15, -0.1) is 0 Å². The van der Waals surface area contributed by atoms with Gasteiger partial charge >= 0.3 is 0 Å². The molecule has 0 saturated carbocycles. The first-order chi connectivity index (χ1) is 16.0. The number of aromatic nitrogens is 2. The molecular weight excluding hydrogens is 438 g/mol. The van der Waals surface area contributed by atoms with Crippen LogP contribution in [0, 0.1) is 6.92 Å². The second kappa shape index (κ2) is 9.79. The molecule has 0 atom stereocenters. The van der Waals surface area contributed by atoms with Crippen molar-refractivity contribution in [2.24, 2.45) is 0 Å². The third kappa shape index (κ3) is 4.85. The minimum absolute atomic E-state index is 0.0675. The van der Waals surface area contributed by atoms with Gasteiger partial charge in [-0.3, -0.25) is 14.2 Å². The first-order valence-electron chi connectivity index (χ1n) is 10.2. The van der Waals surface area contributed by atoms with Crippen molar-refractivity contribution in [2.45, 2.75) is 12.1 Å². The molecule has 0 unspecified atom stereocenters. The molecule has 1 N–H and O–H groups in total. The summed E-state index contributed by atoms with van der Waals surface area (Å²) < 4.78 is 12.1. The molecular formula is C25H23N3O4S. The van der Waals surface area contributed by atoms with Crippen LogP contribution in [0.1, 0.15) is 5.56 Å². The number of benzene rings is 3. The van der Waals surface area contributed by atoms with E-state index in [2.05, 4.69) is 10.3 Å². The van der Waals surface area contributed by atoms with Crippen LogP contribution in [0.5, 0.6) is 11.5 Å². The summed E-state index contributed by atoms with van der Waals surface area (Å²) in [5.74, 6) is 1.10. The molecule has 0 saturated heterocycles. The molecule has 33 heavy (non-hydrogen) atoms. The monoisotopic (exact) mass is 461 g/mol. The van der Waals surface area contributed by atoms with Crippen LogP contribution in [0.25, 0.3) is 16.6 Å². The zero-order valence-corrected chi connectivity index (χ0v) is 19.3. The van der Waals surface area contributed by atoms with Gasteiger partial charge in [-0.2, -0.15) is 0 Å². The Balaban J connectivity index is 1.66. The molecule has 1 aromatic heterocycles. The van der Waals surface area contributed by atoms with Crippen molar-refractivity contribution in [3.63, 3.8) is 0 Å². The number of carbonyl (C=O) groups is 1. The number of anilines is 1. The highest BCUT2D eigenvalue weighted by atomic mass is 32.2. The van der Waals surface area contributed by atoms with E-state index in [0.29, 0.717) is 38.9 Å². The molecule has 4 rings (SSSR count). The number of thioether (sulfide) groups is 1. The van der Waals surface area contributed by atoms with Crippen LogP contribution in [0.2, 0.25) is 0 Å². The molecule has 0 aliphatic rings. The SMILES string of the molecule is COc1ccc(-n2c(SCC(=O)Nc3cc(C)ccc3OC)nc3ccccc3c2=O)cc1. The molecule has 0 aliphatic heterocycles. The average Bonchev–Trinajstić information content (AvgIpc) is 2.83. The highest BCUT2D eigenvalue weighted by Crippen LogP contribution is 2.27. The number of amides is 1. The van der Waals surface area contributed by atoms with Crippen molar-refractivity contribution in [1.82, 2.24) is 9.55 Å². The number of ether oxygens (including phenoxy) is 2. The summed E-state index contributed by atoms with van der Waals surface area (Å²) in [6.07, 6.45) is 0. The van der Waals surface area contributed by atoms with E-state index in [0.717, 1.165) is 5.56 Å². The van der Waals surface area contributed by atoms with Crippen LogP contribution in [-0.4, -0.2) is 35.4 Å². The van der Waals surface area contributed by atoms with Crippen LogP contribution in [0.3, 0.4) is 0 Å². The van der Waals surface area contributed by atoms with Crippen LogP contribution in [0.4, 0.5) is 5.69 Å². The fraction of sp³-hybridized carbons (Fsp3) is 0.160. The lowest BCUT2D eigenvalue weighted by molar-refractivity contribution is -0.113. The predicted octanol–water partition coefficient (Wildman–Crippen LogP) is 4.44. The van der Waals surface area contributed by atoms with Crippen LogP contribution >= 0.6 is 11.8 Å². The number of fused-ring (bicyclic) bond motifs is 1. The van der Waals surface area contributed by atoms with Crippen molar-refractivity contribution in [2.75, 3.05) is 25.3 Å². The molecule has 1 heterocycles. The molecule has 0 radical (unpaired) electrons. The van der Waals surface area contributed by atoms with Gasteiger partial charge in [0, 0.05) is 0 Å². The highest BCUT2D eigenvalue weighted by molar-refractivity contribution is 7.99. The van der Waals surface area contributed by atoms with Gasteiger partial charge < -0.3 is 14.8 Å². The van der Waals surface area contributed by atoms with E-state index in [1.807, 2.05) is 31.2 Å². The molecule has 168 valence electrons. The first kappa shape index (κ1) is 22.4. The third-order valence-electron chi connectivity index (χ3n) is 5.04. The normalized spacial score (nSPS) is 10.8. The minimum atomic E-state index is -0.229. The lowest BCUT2D eigenvalue weighted by atomic mass is 10.2. The molecule has 1 amide bonds. The predicted molar refractivity (Wildman–Crippen MR) is 131 cm³/mol. The average molecular weight is 462 g/mol. The second-order valence-corrected chi connectivity index (χ2v) is 8.23. The van der Waals surface area contributed by atoms with Gasteiger partial charge in [0.05, 0.1) is 42.3 Å². The molecule has 0 bridgehead atoms. The third-order valence-corrected chi connectivity index (χ3v) is 5.98. The number of hydrogen-bond donors (Lipinski definition) is 1. The fourth-order valence-electron chi connectivity index (χ4n) is 3.40. The zero-order chi connectivity index (χ0) is 23.4. The second-order valence-electron chi connectivity index (χ2n) is 7.29. The van der Waals surface area contributed by atoms with E-state index in [4.69, 9.17) is 9.47 Å².